The van der Waals surface area contributed by atoms with Crippen LogP contribution in [0.25, 0.3) is 16.7 Å². The van der Waals surface area contributed by atoms with Gasteiger partial charge in [0.25, 0.3) is 0 Å². The quantitative estimate of drug-likeness (QED) is 0.803. The molecule has 114 valence electrons. The van der Waals surface area contributed by atoms with E-state index in [1.165, 1.54) is 17.5 Å². The van der Waals surface area contributed by atoms with Gasteiger partial charge in [-0.1, -0.05) is 12.1 Å². The third-order valence-electron chi connectivity index (χ3n) is 3.80. The molecule has 3 rings (SSSR count). The van der Waals surface area contributed by atoms with E-state index in [2.05, 4.69) is 70.9 Å². The summed E-state index contributed by atoms with van der Waals surface area (Å²) >= 11 is 0. The van der Waals surface area contributed by atoms with Crippen LogP contribution in [0, 0.1) is 6.92 Å². The molecule has 0 fully saturated rings. The fraction of sp³-hybridized carbons (Fsp3) is 0.294. The summed E-state index contributed by atoms with van der Waals surface area (Å²) in [6.07, 6.45) is 4.58. The van der Waals surface area contributed by atoms with Crippen molar-refractivity contribution in [2.75, 3.05) is 26.4 Å². The zero-order valence-corrected chi connectivity index (χ0v) is 13.2. The highest BCUT2D eigenvalue weighted by Crippen LogP contribution is 2.27. The summed E-state index contributed by atoms with van der Waals surface area (Å²) in [5.74, 6) is 0.546. The standard InChI is InChI=1S/C17H21N5/c1-12-5-4-6-14(9-12)22-10-13(7-8-21(2)3)15-16(18)19-11-20-17(15)22/h4-6,9-11H,7-8H2,1-3H3,(H2,18,19,20). The summed E-state index contributed by atoms with van der Waals surface area (Å²) in [6.45, 7) is 3.05. The molecule has 5 nitrogen and oxygen atoms in total. The van der Waals surface area contributed by atoms with Crippen LogP contribution in [0.2, 0.25) is 0 Å². The van der Waals surface area contributed by atoms with Crippen molar-refractivity contribution < 1.29 is 0 Å². The number of aromatic nitrogens is 3. The van der Waals surface area contributed by atoms with Crippen LogP contribution in [-0.4, -0.2) is 40.1 Å². The number of fused-ring (bicyclic) bond motifs is 1. The number of anilines is 1. The highest BCUT2D eigenvalue weighted by atomic mass is 15.1. The summed E-state index contributed by atoms with van der Waals surface area (Å²) in [7, 11) is 4.14. The molecule has 0 saturated heterocycles. The molecule has 3 aromatic rings. The van der Waals surface area contributed by atoms with Crippen LogP contribution in [0.5, 0.6) is 0 Å². The van der Waals surface area contributed by atoms with E-state index < -0.39 is 0 Å². The van der Waals surface area contributed by atoms with Crippen molar-refractivity contribution in [1.82, 2.24) is 19.4 Å². The van der Waals surface area contributed by atoms with Gasteiger partial charge in [-0.05, 0) is 50.7 Å². The molecule has 22 heavy (non-hydrogen) atoms. The summed E-state index contributed by atoms with van der Waals surface area (Å²) in [4.78, 5) is 10.8. The normalized spacial score (nSPS) is 11.5. The summed E-state index contributed by atoms with van der Waals surface area (Å²) < 4.78 is 2.10. The Hall–Kier alpha value is -2.40. The number of rotatable bonds is 4. The lowest BCUT2D eigenvalue weighted by Gasteiger charge is -2.08. The van der Waals surface area contributed by atoms with Gasteiger partial charge >= 0.3 is 0 Å². The van der Waals surface area contributed by atoms with Crippen molar-refractivity contribution in [3.63, 3.8) is 0 Å². The second-order valence-electron chi connectivity index (χ2n) is 5.87. The SMILES string of the molecule is Cc1cccc(-n2cc(CCN(C)C)c3c(N)ncnc32)c1. The van der Waals surface area contributed by atoms with E-state index in [-0.39, 0.29) is 0 Å². The van der Waals surface area contributed by atoms with E-state index in [1.54, 1.807) is 0 Å². The number of nitrogens with zero attached hydrogens (tertiary/aromatic N) is 4. The Labute approximate surface area is 130 Å². The van der Waals surface area contributed by atoms with Crippen LogP contribution < -0.4 is 5.73 Å². The highest BCUT2D eigenvalue weighted by Gasteiger charge is 2.14. The lowest BCUT2D eigenvalue weighted by molar-refractivity contribution is 0.414. The monoisotopic (exact) mass is 295 g/mol. The fourth-order valence-corrected chi connectivity index (χ4v) is 2.67. The van der Waals surface area contributed by atoms with Crippen LogP contribution in [0.1, 0.15) is 11.1 Å². The van der Waals surface area contributed by atoms with Gasteiger partial charge in [0.05, 0.1) is 5.39 Å². The van der Waals surface area contributed by atoms with Crippen LogP contribution in [0.15, 0.2) is 36.8 Å². The van der Waals surface area contributed by atoms with E-state index in [0.717, 1.165) is 29.7 Å². The Bertz CT molecular complexity index is 804. The Balaban J connectivity index is 2.17. The Morgan fingerprint density at radius 2 is 2.05 bits per heavy atom. The highest BCUT2D eigenvalue weighted by molar-refractivity contribution is 5.91. The molecule has 1 aromatic carbocycles. The van der Waals surface area contributed by atoms with Crippen molar-refractivity contribution in [1.29, 1.82) is 0 Å². The molecule has 2 aromatic heterocycles. The first-order chi connectivity index (χ1) is 10.6. The average molecular weight is 295 g/mol. The van der Waals surface area contributed by atoms with Gasteiger partial charge in [-0.2, -0.15) is 0 Å². The molecule has 0 amide bonds. The Morgan fingerprint density at radius 3 is 2.77 bits per heavy atom. The minimum absolute atomic E-state index is 0.546. The lowest BCUT2D eigenvalue weighted by atomic mass is 10.1. The maximum atomic E-state index is 6.11. The first kappa shape index (κ1) is 14.5. The molecule has 0 aliphatic heterocycles. The average Bonchev–Trinajstić information content (AvgIpc) is 2.85. The second-order valence-corrected chi connectivity index (χ2v) is 5.87. The smallest absolute Gasteiger partial charge is 0.150 e. The maximum Gasteiger partial charge on any atom is 0.150 e. The number of nitrogen functional groups attached to an aromatic ring is 1. The topological polar surface area (TPSA) is 60.0 Å². The Morgan fingerprint density at radius 1 is 1.23 bits per heavy atom. The van der Waals surface area contributed by atoms with E-state index in [0.29, 0.717) is 5.82 Å². The molecule has 5 heteroatoms. The minimum Gasteiger partial charge on any atom is -0.383 e. The van der Waals surface area contributed by atoms with E-state index in [4.69, 9.17) is 5.73 Å². The van der Waals surface area contributed by atoms with Crippen LogP contribution in [0.3, 0.4) is 0 Å². The van der Waals surface area contributed by atoms with Gasteiger partial charge in [-0.3, -0.25) is 0 Å². The molecule has 0 aliphatic rings. The van der Waals surface area contributed by atoms with Crippen molar-refractivity contribution in [2.24, 2.45) is 0 Å². The lowest BCUT2D eigenvalue weighted by Crippen LogP contribution is -2.15. The minimum atomic E-state index is 0.546. The zero-order chi connectivity index (χ0) is 15.7. The van der Waals surface area contributed by atoms with E-state index in [1.807, 2.05) is 0 Å². The van der Waals surface area contributed by atoms with E-state index in [9.17, 15) is 0 Å². The van der Waals surface area contributed by atoms with Crippen molar-refractivity contribution >= 4 is 16.9 Å². The first-order valence-corrected chi connectivity index (χ1v) is 7.38. The van der Waals surface area contributed by atoms with Crippen LogP contribution in [0.4, 0.5) is 5.82 Å². The number of likely N-dealkylation sites (N-methyl/N-ethyl adjacent to an activating group) is 1. The van der Waals surface area contributed by atoms with Gasteiger partial charge in [-0.25, -0.2) is 9.97 Å². The predicted molar refractivity (Wildman–Crippen MR) is 90.3 cm³/mol. The molecule has 0 radical (unpaired) electrons. The molecule has 0 unspecified atom stereocenters. The number of benzene rings is 1. The number of aryl methyl sites for hydroxylation is 1. The van der Waals surface area contributed by atoms with Gasteiger partial charge in [0.2, 0.25) is 0 Å². The van der Waals surface area contributed by atoms with Gasteiger partial charge in [0.15, 0.2) is 0 Å². The largest absolute Gasteiger partial charge is 0.383 e. The fourth-order valence-electron chi connectivity index (χ4n) is 2.67. The van der Waals surface area contributed by atoms with E-state index >= 15 is 0 Å². The van der Waals surface area contributed by atoms with Gasteiger partial charge in [0, 0.05) is 18.4 Å². The molecule has 0 aliphatic carbocycles. The molecular weight excluding hydrogens is 274 g/mol. The van der Waals surface area contributed by atoms with Crippen molar-refractivity contribution in [3.8, 4) is 5.69 Å². The maximum absolute atomic E-state index is 6.11. The molecule has 0 saturated carbocycles. The van der Waals surface area contributed by atoms with Crippen LogP contribution >= 0.6 is 0 Å². The van der Waals surface area contributed by atoms with Gasteiger partial charge in [-0.15, -0.1) is 0 Å². The molecule has 0 atom stereocenters. The zero-order valence-electron chi connectivity index (χ0n) is 13.2. The van der Waals surface area contributed by atoms with Gasteiger partial charge < -0.3 is 15.2 Å². The summed E-state index contributed by atoms with van der Waals surface area (Å²) in [6, 6.07) is 8.37. The number of nitrogens with two attached hydrogens (primary N) is 1. The summed E-state index contributed by atoms with van der Waals surface area (Å²) in [5.41, 5.74) is 10.5. The predicted octanol–water partition coefficient (Wildman–Crippen LogP) is 2.42. The van der Waals surface area contributed by atoms with Crippen LogP contribution in [-0.2, 0) is 6.42 Å². The molecular formula is C17H21N5. The third kappa shape index (κ3) is 2.67. The van der Waals surface area contributed by atoms with Gasteiger partial charge in [0.1, 0.15) is 17.8 Å². The molecule has 0 bridgehead atoms. The Kier molecular flexibility index (Phi) is 3.81. The first-order valence-electron chi connectivity index (χ1n) is 7.38. The molecule has 0 spiro atoms. The number of hydrogen-bond acceptors (Lipinski definition) is 4. The van der Waals surface area contributed by atoms with Crippen molar-refractivity contribution in [2.45, 2.75) is 13.3 Å². The molecule has 2 heterocycles. The van der Waals surface area contributed by atoms with Crippen molar-refractivity contribution in [3.05, 3.63) is 47.9 Å². The summed E-state index contributed by atoms with van der Waals surface area (Å²) in [5, 5.41) is 0.964. The second kappa shape index (κ2) is 5.77. The molecule has 2 N–H and O–H groups in total. The number of hydrogen-bond donors (Lipinski definition) is 1. The third-order valence-corrected chi connectivity index (χ3v) is 3.80.